The molecule has 4 rings (SSSR count). The topological polar surface area (TPSA) is 76.3 Å². The maximum atomic E-state index is 12.8. The zero-order chi connectivity index (χ0) is 17.2. The Labute approximate surface area is 146 Å². The van der Waals surface area contributed by atoms with Gasteiger partial charge < -0.3 is 19.6 Å². The van der Waals surface area contributed by atoms with Gasteiger partial charge in [0.05, 0.1) is 6.26 Å². The smallest absolute Gasteiger partial charge is 0.263 e. The molecule has 1 saturated heterocycles. The van der Waals surface area contributed by atoms with Gasteiger partial charge in [0, 0.05) is 37.7 Å². The van der Waals surface area contributed by atoms with Gasteiger partial charge in [0.2, 0.25) is 0 Å². The summed E-state index contributed by atoms with van der Waals surface area (Å²) in [6.45, 7) is 3.09. The van der Waals surface area contributed by atoms with Gasteiger partial charge in [-0.1, -0.05) is 0 Å². The highest BCUT2D eigenvalue weighted by atomic mass is 16.3. The number of piperidine rings is 1. The van der Waals surface area contributed by atoms with Gasteiger partial charge in [0.1, 0.15) is 11.3 Å². The Kier molecular flexibility index (Phi) is 4.44. The van der Waals surface area contributed by atoms with Gasteiger partial charge in [-0.3, -0.25) is 9.59 Å². The van der Waals surface area contributed by atoms with Crippen LogP contribution >= 0.6 is 0 Å². The van der Waals surface area contributed by atoms with Crippen molar-refractivity contribution >= 4 is 5.91 Å². The minimum atomic E-state index is -0.284. The fourth-order valence-corrected chi connectivity index (χ4v) is 3.98. The molecular weight excluding hydrogens is 318 g/mol. The van der Waals surface area contributed by atoms with Crippen LogP contribution in [0.25, 0.3) is 0 Å². The summed E-state index contributed by atoms with van der Waals surface area (Å²) in [4.78, 5) is 25.2. The number of amides is 1. The van der Waals surface area contributed by atoms with E-state index in [1.54, 1.807) is 12.3 Å². The summed E-state index contributed by atoms with van der Waals surface area (Å²) in [5.74, 6) is 1.48. The van der Waals surface area contributed by atoms with Crippen molar-refractivity contribution in [1.82, 2.24) is 15.2 Å². The van der Waals surface area contributed by atoms with E-state index in [0.717, 1.165) is 43.8 Å². The van der Waals surface area contributed by atoms with E-state index >= 15 is 0 Å². The molecule has 1 fully saturated rings. The third-order valence-corrected chi connectivity index (χ3v) is 5.22. The number of aromatic nitrogens is 1. The first-order chi connectivity index (χ1) is 12.2. The van der Waals surface area contributed by atoms with Crippen molar-refractivity contribution in [3.05, 3.63) is 57.9 Å². The summed E-state index contributed by atoms with van der Waals surface area (Å²) < 4.78 is 7.09. The van der Waals surface area contributed by atoms with Crippen LogP contribution in [-0.4, -0.2) is 30.1 Å². The van der Waals surface area contributed by atoms with Crippen LogP contribution in [0.1, 0.15) is 40.6 Å². The Morgan fingerprint density at radius 2 is 2.24 bits per heavy atom. The molecule has 6 nitrogen and oxygen atoms in total. The van der Waals surface area contributed by atoms with Crippen LogP contribution in [0.4, 0.5) is 0 Å². The van der Waals surface area contributed by atoms with Gasteiger partial charge in [-0.2, -0.15) is 0 Å². The Hall–Kier alpha value is -2.34. The van der Waals surface area contributed by atoms with Gasteiger partial charge in [-0.25, -0.2) is 0 Å². The highest BCUT2D eigenvalue weighted by Crippen LogP contribution is 2.31. The molecule has 0 radical (unpaired) electrons. The molecule has 2 bridgehead atoms. The molecule has 0 saturated carbocycles. The summed E-state index contributed by atoms with van der Waals surface area (Å²) in [6.07, 6.45) is 4.33. The molecule has 0 aromatic carbocycles. The Balaban J connectivity index is 1.43. The molecule has 0 spiro atoms. The first kappa shape index (κ1) is 16.1. The van der Waals surface area contributed by atoms with E-state index < -0.39 is 0 Å². The first-order valence-corrected chi connectivity index (χ1v) is 8.97. The molecule has 0 unspecified atom stereocenters. The number of nitrogens with zero attached hydrogens (tertiary/aromatic N) is 1. The second-order valence-corrected chi connectivity index (χ2v) is 6.98. The number of aryl methyl sites for hydroxylation is 1. The van der Waals surface area contributed by atoms with E-state index in [-0.39, 0.29) is 17.0 Å². The Bertz CT molecular complexity index is 810. The number of rotatable bonds is 5. The van der Waals surface area contributed by atoms with Gasteiger partial charge >= 0.3 is 0 Å². The van der Waals surface area contributed by atoms with Crippen LogP contribution in [0, 0.1) is 5.92 Å². The van der Waals surface area contributed by atoms with Crippen molar-refractivity contribution in [2.45, 2.75) is 31.7 Å². The highest BCUT2D eigenvalue weighted by molar-refractivity contribution is 5.93. The van der Waals surface area contributed by atoms with Crippen LogP contribution < -0.4 is 16.2 Å². The molecule has 2 atom stereocenters. The SMILES string of the molecule is O=C(NCCCc1ccco1)c1ccc2n(c1=O)C[C@@H]1CNC[C@H]2C1. The predicted octanol–water partition coefficient (Wildman–Crippen LogP) is 1.51. The van der Waals surface area contributed by atoms with Crippen LogP contribution in [0.3, 0.4) is 0 Å². The molecule has 2 N–H and O–H groups in total. The van der Waals surface area contributed by atoms with Gasteiger partial charge in [0.25, 0.3) is 11.5 Å². The van der Waals surface area contributed by atoms with E-state index in [1.807, 2.05) is 22.8 Å². The van der Waals surface area contributed by atoms with Crippen molar-refractivity contribution in [1.29, 1.82) is 0 Å². The number of furan rings is 1. The molecule has 2 aliphatic heterocycles. The molecular formula is C19H23N3O3. The monoisotopic (exact) mass is 341 g/mol. The molecule has 2 aliphatic rings. The summed E-state index contributed by atoms with van der Waals surface area (Å²) in [6, 6.07) is 7.41. The minimum Gasteiger partial charge on any atom is -0.469 e. The Morgan fingerprint density at radius 3 is 3.08 bits per heavy atom. The zero-order valence-corrected chi connectivity index (χ0v) is 14.2. The molecule has 0 aliphatic carbocycles. The first-order valence-electron chi connectivity index (χ1n) is 8.97. The lowest BCUT2D eigenvalue weighted by Crippen LogP contribution is -2.46. The van der Waals surface area contributed by atoms with Crippen LogP contribution in [0.5, 0.6) is 0 Å². The van der Waals surface area contributed by atoms with E-state index in [0.29, 0.717) is 24.9 Å². The second-order valence-electron chi connectivity index (χ2n) is 6.98. The Morgan fingerprint density at radius 1 is 1.32 bits per heavy atom. The number of fused-ring (bicyclic) bond motifs is 4. The molecule has 1 amide bonds. The number of pyridine rings is 1. The van der Waals surface area contributed by atoms with Crippen LogP contribution in [-0.2, 0) is 13.0 Å². The lowest BCUT2D eigenvalue weighted by Gasteiger charge is -2.37. The number of carbonyl (C=O) groups excluding carboxylic acids is 1. The maximum absolute atomic E-state index is 12.8. The third kappa shape index (κ3) is 3.26. The number of carbonyl (C=O) groups is 1. The molecule has 25 heavy (non-hydrogen) atoms. The molecule has 4 heterocycles. The van der Waals surface area contributed by atoms with Crippen molar-refractivity contribution in [2.75, 3.05) is 19.6 Å². The summed E-state index contributed by atoms with van der Waals surface area (Å²) in [7, 11) is 0. The summed E-state index contributed by atoms with van der Waals surface area (Å²) in [5.41, 5.74) is 1.15. The normalized spacial score (nSPS) is 21.6. The molecule has 2 aromatic rings. The predicted molar refractivity (Wildman–Crippen MR) is 93.8 cm³/mol. The van der Waals surface area contributed by atoms with Crippen molar-refractivity contribution in [3.8, 4) is 0 Å². The molecule has 2 aromatic heterocycles. The average molecular weight is 341 g/mol. The van der Waals surface area contributed by atoms with E-state index in [1.165, 1.54) is 0 Å². The fourth-order valence-electron chi connectivity index (χ4n) is 3.98. The summed E-state index contributed by atoms with van der Waals surface area (Å²) >= 11 is 0. The van der Waals surface area contributed by atoms with Gasteiger partial charge in [0.15, 0.2) is 0 Å². The van der Waals surface area contributed by atoms with Crippen LogP contribution in [0.15, 0.2) is 39.7 Å². The van der Waals surface area contributed by atoms with E-state index in [4.69, 9.17) is 4.42 Å². The van der Waals surface area contributed by atoms with Crippen molar-refractivity contribution < 1.29 is 9.21 Å². The quantitative estimate of drug-likeness (QED) is 0.809. The minimum absolute atomic E-state index is 0.155. The lowest BCUT2D eigenvalue weighted by molar-refractivity contribution is 0.0950. The lowest BCUT2D eigenvalue weighted by atomic mass is 9.84. The number of hydrogen-bond acceptors (Lipinski definition) is 4. The highest BCUT2D eigenvalue weighted by Gasteiger charge is 2.31. The van der Waals surface area contributed by atoms with E-state index in [2.05, 4.69) is 10.6 Å². The van der Waals surface area contributed by atoms with E-state index in [9.17, 15) is 9.59 Å². The number of nitrogens with one attached hydrogen (secondary N) is 2. The van der Waals surface area contributed by atoms with Gasteiger partial charge in [-0.15, -0.1) is 0 Å². The average Bonchev–Trinajstić information content (AvgIpc) is 3.13. The fraction of sp³-hybridized carbons (Fsp3) is 0.474. The largest absolute Gasteiger partial charge is 0.469 e. The van der Waals surface area contributed by atoms with Crippen molar-refractivity contribution in [3.63, 3.8) is 0 Å². The van der Waals surface area contributed by atoms with Crippen molar-refractivity contribution in [2.24, 2.45) is 5.92 Å². The molecule has 132 valence electrons. The standard InChI is InChI=1S/C19H23N3O3/c23-18(21-7-1-3-15-4-2-8-25-15)16-5-6-17-14-9-13(10-20-11-14)12-22(17)19(16)24/h2,4-6,8,13-14,20H,1,3,7,9-12H2,(H,21,23)/t13-,14+/m0/s1. The zero-order valence-electron chi connectivity index (χ0n) is 14.2. The summed E-state index contributed by atoms with van der Waals surface area (Å²) in [5, 5.41) is 6.28. The third-order valence-electron chi connectivity index (χ3n) is 5.22. The molecule has 6 heteroatoms. The van der Waals surface area contributed by atoms with Crippen LogP contribution in [0.2, 0.25) is 0 Å². The maximum Gasteiger partial charge on any atom is 0.263 e. The second kappa shape index (κ2) is 6.88. The number of hydrogen-bond donors (Lipinski definition) is 2. The van der Waals surface area contributed by atoms with Gasteiger partial charge in [-0.05, 0) is 49.6 Å².